The number of benzene rings is 2. The van der Waals surface area contributed by atoms with E-state index in [-0.39, 0.29) is 12.1 Å². The van der Waals surface area contributed by atoms with Crippen molar-refractivity contribution in [1.82, 2.24) is 0 Å². The number of aryl methyl sites for hydroxylation is 1. The third kappa shape index (κ3) is 10.9. The molecule has 0 N–H and O–H groups in total. The molecule has 0 amide bonds. The SMILES string of the molecule is CCCCCCCCCCCCOC(C)c1ccc(C(=O)Oc2ccccc2CCCC)cc1. The third-order valence-corrected chi connectivity index (χ3v) is 6.46. The number of unbranched alkanes of at least 4 members (excludes halogenated alkanes) is 10. The zero-order chi connectivity index (χ0) is 24.4. The largest absolute Gasteiger partial charge is 0.423 e. The van der Waals surface area contributed by atoms with Crippen molar-refractivity contribution in [2.24, 2.45) is 0 Å². The van der Waals surface area contributed by atoms with E-state index in [2.05, 4.69) is 20.8 Å². The third-order valence-electron chi connectivity index (χ3n) is 6.46. The number of rotatable bonds is 18. The molecule has 0 radical (unpaired) electrons. The second-order valence-electron chi connectivity index (χ2n) is 9.42. The molecule has 0 bridgehead atoms. The first-order valence-electron chi connectivity index (χ1n) is 13.7. The molecule has 3 heteroatoms. The van der Waals surface area contributed by atoms with Crippen LogP contribution in [0.1, 0.15) is 125 Å². The van der Waals surface area contributed by atoms with E-state index < -0.39 is 0 Å². The van der Waals surface area contributed by atoms with Crippen LogP contribution in [0.3, 0.4) is 0 Å². The first kappa shape index (κ1) is 28.1. The molecule has 188 valence electrons. The van der Waals surface area contributed by atoms with Gasteiger partial charge < -0.3 is 9.47 Å². The van der Waals surface area contributed by atoms with Gasteiger partial charge >= 0.3 is 5.97 Å². The quantitative estimate of drug-likeness (QED) is 0.125. The summed E-state index contributed by atoms with van der Waals surface area (Å²) in [5.74, 6) is 0.354. The maximum absolute atomic E-state index is 12.7. The Bertz CT molecular complexity index is 797. The Morgan fingerprint density at radius 3 is 1.97 bits per heavy atom. The van der Waals surface area contributed by atoms with Crippen molar-refractivity contribution < 1.29 is 14.3 Å². The number of hydrogen-bond donors (Lipinski definition) is 0. The molecule has 2 aromatic rings. The molecule has 0 aromatic heterocycles. The van der Waals surface area contributed by atoms with Gasteiger partial charge in [0.15, 0.2) is 0 Å². The lowest BCUT2D eigenvalue weighted by Crippen LogP contribution is -2.10. The highest BCUT2D eigenvalue weighted by atomic mass is 16.5. The standard InChI is InChI=1S/C31H46O3/c1-4-6-8-9-10-11-12-13-14-17-25-33-26(3)27-21-23-29(24-22-27)31(32)34-30-20-16-15-19-28(30)18-7-5-2/h15-16,19-24,26H,4-14,17-18,25H2,1-3H3. The minimum atomic E-state index is -0.311. The first-order chi connectivity index (χ1) is 16.7. The number of ether oxygens (including phenoxy) is 2. The maximum Gasteiger partial charge on any atom is 0.343 e. The number of para-hydroxylation sites is 1. The molecule has 2 rings (SSSR count). The second-order valence-corrected chi connectivity index (χ2v) is 9.42. The highest BCUT2D eigenvalue weighted by molar-refractivity contribution is 5.91. The summed E-state index contributed by atoms with van der Waals surface area (Å²) in [5, 5.41) is 0. The van der Waals surface area contributed by atoms with Gasteiger partial charge in [-0.3, -0.25) is 0 Å². The van der Waals surface area contributed by atoms with Gasteiger partial charge in [0.1, 0.15) is 5.75 Å². The van der Waals surface area contributed by atoms with Gasteiger partial charge in [-0.2, -0.15) is 0 Å². The van der Waals surface area contributed by atoms with Gasteiger partial charge in [0.2, 0.25) is 0 Å². The van der Waals surface area contributed by atoms with Gasteiger partial charge in [-0.15, -0.1) is 0 Å². The number of hydrogen-bond acceptors (Lipinski definition) is 3. The van der Waals surface area contributed by atoms with Crippen LogP contribution in [0.2, 0.25) is 0 Å². The molecule has 3 nitrogen and oxygen atoms in total. The van der Waals surface area contributed by atoms with Crippen LogP contribution in [0.5, 0.6) is 5.75 Å². The van der Waals surface area contributed by atoms with Gasteiger partial charge in [-0.25, -0.2) is 4.79 Å². The van der Waals surface area contributed by atoms with Gasteiger partial charge in [-0.05, 0) is 55.5 Å². The molecule has 0 fully saturated rings. The Balaban J connectivity index is 1.67. The lowest BCUT2D eigenvalue weighted by molar-refractivity contribution is 0.0626. The van der Waals surface area contributed by atoms with Gasteiger partial charge in [0, 0.05) is 6.61 Å². The highest BCUT2D eigenvalue weighted by Gasteiger charge is 2.13. The normalized spacial score (nSPS) is 12.0. The van der Waals surface area contributed by atoms with Gasteiger partial charge in [0.05, 0.1) is 11.7 Å². The monoisotopic (exact) mass is 466 g/mol. The molecule has 0 saturated heterocycles. The van der Waals surface area contributed by atoms with E-state index in [1.165, 1.54) is 57.8 Å². The van der Waals surface area contributed by atoms with Crippen molar-refractivity contribution in [3.05, 3.63) is 65.2 Å². The Morgan fingerprint density at radius 1 is 0.735 bits per heavy atom. The summed E-state index contributed by atoms with van der Waals surface area (Å²) in [4.78, 5) is 12.7. The van der Waals surface area contributed by atoms with Crippen LogP contribution >= 0.6 is 0 Å². The fraction of sp³-hybridized carbons (Fsp3) is 0.581. The van der Waals surface area contributed by atoms with Crippen molar-refractivity contribution in [3.8, 4) is 5.75 Å². The predicted molar refractivity (Wildman–Crippen MR) is 143 cm³/mol. The molecule has 0 heterocycles. The molecule has 0 spiro atoms. The van der Waals surface area contributed by atoms with Crippen molar-refractivity contribution in [2.75, 3.05) is 6.61 Å². The molecule has 0 aliphatic rings. The van der Waals surface area contributed by atoms with E-state index in [4.69, 9.17) is 9.47 Å². The van der Waals surface area contributed by atoms with E-state index in [0.29, 0.717) is 11.3 Å². The summed E-state index contributed by atoms with van der Waals surface area (Å²) in [7, 11) is 0. The Kier molecular flexibility index (Phi) is 14.3. The zero-order valence-electron chi connectivity index (χ0n) is 21.8. The minimum absolute atomic E-state index is 0.0263. The molecule has 0 aliphatic heterocycles. The maximum atomic E-state index is 12.7. The number of esters is 1. The lowest BCUT2D eigenvalue weighted by atomic mass is 10.1. The van der Waals surface area contributed by atoms with Crippen molar-refractivity contribution in [3.63, 3.8) is 0 Å². The van der Waals surface area contributed by atoms with Crippen LogP contribution < -0.4 is 4.74 Å². The summed E-state index contributed by atoms with van der Waals surface area (Å²) in [6, 6.07) is 15.4. The first-order valence-corrected chi connectivity index (χ1v) is 13.7. The van der Waals surface area contributed by atoms with E-state index in [0.717, 1.165) is 43.4 Å². The average molecular weight is 467 g/mol. The fourth-order valence-corrected chi connectivity index (χ4v) is 4.17. The molecular weight excluding hydrogens is 420 g/mol. The molecule has 34 heavy (non-hydrogen) atoms. The van der Waals surface area contributed by atoms with Crippen LogP contribution in [0.4, 0.5) is 0 Å². The fourth-order valence-electron chi connectivity index (χ4n) is 4.17. The van der Waals surface area contributed by atoms with Crippen molar-refractivity contribution in [1.29, 1.82) is 0 Å². The topological polar surface area (TPSA) is 35.5 Å². The number of carbonyl (C=O) groups excluding carboxylic acids is 1. The highest BCUT2D eigenvalue weighted by Crippen LogP contribution is 2.23. The summed E-state index contributed by atoms with van der Waals surface area (Å²) in [6.45, 7) is 7.30. The van der Waals surface area contributed by atoms with E-state index in [1.807, 2.05) is 48.5 Å². The average Bonchev–Trinajstić information content (AvgIpc) is 2.86. The Labute approximate surface area is 208 Å². The predicted octanol–water partition coefficient (Wildman–Crippen LogP) is 9.25. The van der Waals surface area contributed by atoms with E-state index in [1.54, 1.807) is 0 Å². The molecule has 1 atom stereocenters. The minimum Gasteiger partial charge on any atom is -0.423 e. The molecule has 1 unspecified atom stereocenters. The molecular formula is C31H46O3. The number of carbonyl (C=O) groups is 1. The summed E-state index contributed by atoms with van der Waals surface area (Å²) in [5.41, 5.74) is 2.74. The van der Waals surface area contributed by atoms with Crippen LogP contribution in [0, 0.1) is 0 Å². The van der Waals surface area contributed by atoms with Gasteiger partial charge in [0.25, 0.3) is 0 Å². The summed E-state index contributed by atoms with van der Waals surface area (Å²) < 4.78 is 11.7. The van der Waals surface area contributed by atoms with Crippen LogP contribution in [-0.4, -0.2) is 12.6 Å². The van der Waals surface area contributed by atoms with Gasteiger partial charge in [-0.1, -0.05) is 108 Å². The molecule has 0 aliphatic carbocycles. The van der Waals surface area contributed by atoms with E-state index in [9.17, 15) is 4.79 Å². The second kappa shape index (κ2) is 17.3. The molecule has 0 saturated carbocycles. The smallest absolute Gasteiger partial charge is 0.343 e. The Hall–Kier alpha value is -2.13. The lowest BCUT2D eigenvalue weighted by Gasteiger charge is -2.14. The Morgan fingerprint density at radius 2 is 1.32 bits per heavy atom. The molecule has 2 aromatic carbocycles. The van der Waals surface area contributed by atoms with Crippen LogP contribution in [0.15, 0.2) is 48.5 Å². The van der Waals surface area contributed by atoms with Crippen molar-refractivity contribution >= 4 is 5.97 Å². The van der Waals surface area contributed by atoms with Crippen LogP contribution in [-0.2, 0) is 11.2 Å². The zero-order valence-corrected chi connectivity index (χ0v) is 21.8. The van der Waals surface area contributed by atoms with Crippen LogP contribution in [0.25, 0.3) is 0 Å². The summed E-state index contributed by atoms with van der Waals surface area (Å²) in [6.07, 6.45) is 16.4. The van der Waals surface area contributed by atoms with Crippen molar-refractivity contribution in [2.45, 2.75) is 110 Å². The van der Waals surface area contributed by atoms with E-state index >= 15 is 0 Å². The summed E-state index contributed by atoms with van der Waals surface area (Å²) >= 11 is 0.